The van der Waals surface area contributed by atoms with Crippen molar-refractivity contribution in [3.05, 3.63) is 63.8 Å². The Kier molecular flexibility index (Phi) is 4.66. The summed E-state index contributed by atoms with van der Waals surface area (Å²) < 4.78 is 16.7. The number of aliphatic imine (C=N–C) groups is 1. The number of carbonyl (C=O) groups is 1. The van der Waals surface area contributed by atoms with Crippen molar-refractivity contribution in [3.8, 4) is 11.5 Å². The summed E-state index contributed by atoms with van der Waals surface area (Å²) in [5, 5.41) is 0. The highest BCUT2D eigenvalue weighted by Crippen LogP contribution is 2.28. The Morgan fingerprint density at radius 2 is 1.96 bits per heavy atom. The van der Waals surface area contributed by atoms with Gasteiger partial charge in [-0.25, -0.2) is 9.79 Å². The third-order valence-electron chi connectivity index (χ3n) is 3.42. The lowest BCUT2D eigenvalue weighted by atomic mass is 10.1. The van der Waals surface area contributed by atoms with Crippen molar-refractivity contribution in [2.75, 3.05) is 14.2 Å². The van der Waals surface area contributed by atoms with E-state index in [1.807, 2.05) is 24.3 Å². The summed E-state index contributed by atoms with van der Waals surface area (Å²) in [4.78, 5) is 16.4. The molecule has 0 aliphatic carbocycles. The van der Waals surface area contributed by atoms with Gasteiger partial charge in [-0.1, -0.05) is 22.0 Å². The first-order chi connectivity index (χ1) is 11.6. The van der Waals surface area contributed by atoms with E-state index in [4.69, 9.17) is 14.2 Å². The number of carbonyl (C=O) groups excluding carboxylic acids is 1. The molecule has 1 aliphatic heterocycles. The van der Waals surface area contributed by atoms with Crippen LogP contribution < -0.4 is 9.47 Å². The molecule has 0 amide bonds. The molecule has 24 heavy (non-hydrogen) atoms. The fraction of sp³-hybridized carbons (Fsp3) is 0.111. The molecule has 5 nitrogen and oxygen atoms in total. The van der Waals surface area contributed by atoms with Crippen LogP contribution >= 0.6 is 15.9 Å². The van der Waals surface area contributed by atoms with E-state index in [-0.39, 0.29) is 11.6 Å². The van der Waals surface area contributed by atoms with E-state index in [0.29, 0.717) is 17.1 Å². The van der Waals surface area contributed by atoms with Gasteiger partial charge in [0.1, 0.15) is 11.5 Å². The molecule has 1 heterocycles. The molecule has 0 saturated heterocycles. The molecule has 0 atom stereocenters. The molecule has 2 aromatic carbocycles. The predicted octanol–water partition coefficient (Wildman–Crippen LogP) is 3.81. The van der Waals surface area contributed by atoms with Crippen LogP contribution in [0.15, 0.2) is 57.6 Å². The molecule has 122 valence electrons. The van der Waals surface area contributed by atoms with E-state index in [0.717, 1.165) is 10.0 Å². The SMILES string of the molecule is COc1ccc(OC)c(/C=C2\N=C(c3cccc(Br)c3)OC2=O)c1. The topological polar surface area (TPSA) is 57.1 Å². The molecule has 0 spiro atoms. The maximum absolute atomic E-state index is 12.1. The van der Waals surface area contributed by atoms with Crippen molar-refractivity contribution in [1.29, 1.82) is 0 Å². The molecule has 0 radical (unpaired) electrons. The lowest BCUT2D eigenvalue weighted by molar-refractivity contribution is -0.129. The highest BCUT2D eigenvalue weighted by atomic mass is 79.9. The first kappa shape index (κ1) is 16.3. The smallest absolute Gasteiger partial charge is 0.363 e. The van der Waals surface area contributed by atoms with Crippen LogP contribution in [0.3, 0.4) is 0 Å². The van der Waals surface area contributed by atoms with Gasteiger partial charge in [0.05, 0.1) is 14.2 Å². The second kappa shape index (κ2) is 6.88. The number of ether oxygens (including phenoxy) is 3. The molecular formula is C18H14BrNO4. The first-order valence-corrected chi connectivity index (χ1v) is 7.90. The lowest BCUT2D eigenvalue weighted by Crippen LogP contribution is -2.05. The maximum atomic E-state index is 12.1. The number of rotatable bonds is 4. The standard InChI is InChI=1S/C18H14BrNO4/c1-22-14-6-7-16(23-2)12(9-14)10-15-18(21)24-17(20-15)11-4-3-5-13(19)8-11/h3-10H,1-2H3/b15-10-. The van der Waals surface area contributed by atoms with Crippen molar-refractivity contribution in [3.63, 3.8) is 0 Å². The van der Waals surface area contributed by atoms with Crippen LogP contribution in [0.2, 0.25) is 0 Å². The van der Waals surface area contributed by atoms with E-state index in [1.165, 1.54) is 0 Å². The average molecular weight is 388 g/mol. The molecule has 3 rings (SSSR count). The Bertz CT molecular complexity index is 858. The van der Waals surface area contributed by atoms with Gasteiger partial charge in [-0.05, 0) is 42.5 Å². The van der Waals surface area contributed by atoms with Crippen LogP contribution in [-0.2, 0) is 9.53 Å². The molecule has 1 aliphatic rings. The molecular weight excluding hydrogens is 374 g/mol. The van der Waals surface area contributed by atoms with Crippen LogP contribution in [0.25, 0.3) is 6.08 Å². The molecule has 0 saturated carbocycles. The summed E-state index contributed by atoms with van der Waals surface area (Å²) in [5.74, 6) is 1.04. The van der Waals surface area contributed by atoms with Gasteiger partial charge in [0.15, 0.2) is 5.70 Å². The molecule has 2 aromatic rings. The number of esters is 1. The van der Waals surface area contributed by atoms with Crippen LogP contribution in [0, 0.1) is 0 Å². The highest BCUT2D eigenvalue weighted by Gasteiger charge is 2.24. The second-order valence-electron chi connectivity index (χ2n) is 4.95. The second-order valence-corrected chi connectivity index (χ2v) is 5.87. The van der Waals surface area contributed by atoms with Gasteiger partial charge in [-0.15, -0.1) is 0 Å². The number of hydrogen-bond donors (Lipinski definition) is 0. The zero-order chi connectivity index (χ0) is 17.1. The largest absolute Gasteiger partial charge is 0.497 e. The summed E-state index contributed by atoms with van der Waals surface area (Å²) in [6, 6.07) is 12.7. The summed E-state index contributed by atoms with van der Waals surface area (Å²) in [6.07, 6.45) is 1.62. The summed E-state index contributed by atoms with van der Waals surface area (Å²) >= 11 is 3.39. The van der Waals surface area contributed by atoms with Gasteiger partial charge >= 0.3 is 5.97 Å². The van der Waals surface area contributed by atoms with E-state index in [2.05, 4.69) is 20.9 Å². The molecule has 0 unspecified atom stereocenters. The van der Waals surface area contributed by atoms with Gasteiger partial charge in [0.2, 0.25) is 5.90 Å². The van der Waals surface area contributed by atoms with Crippen molar-refractivity contribution in [2.24, 2.45) is 4.99 Å². The van der Waals surface area contributed by atoms with E-state index >= 15 is 0 Å². The Morgan fingerprint density at radius 1 is 1.12 bits per heavy atom. The molecule has 0 aromatic heterocycles. The monoisotopic (exact) mass is 387 g/mol. The van der Waals surface area contributed by atoms with Crippen molar-refractivity contribution in [1.82, 2.24) is 0 Å². The van der Waals surface area contributed by atoms with Crippen LogP contribution in [-0.4, -0.2) is 26.1 Å². The highest BCUT2D eigenvalue weighted by molar-refractivity contribution is 9.10. The third kappa shape index (κ3) is 3.33. The summed E-state index contributed by atoms with van der Waals surface area (Å²) in [7, 11) is 3.14. The lowest BCUT2D eigenvalue weighted by Gasteiger charge is -2.07. The van der Waals surface area contributed by atoms with Crippen molar-refractivity contribution < 1.29 is 19.0 Å². The number of benzene rings is 2. The van der Waals surface area contributed by atoms with Crippen molar-refractivity contribution >= 4 is 33.9 Å². The molecule has 0 bridgehead atoms. The fourth-order valence-electron chi connectivity index (χ4n) is 2.25. The third-order valence-corrected chi connectivity index (χ3v) is 3.91. The summed E-state index contributed by atoms with van der Waals surface area (Å²) in [5.41, 5.74) is 1.61. The zero-order valence-corrected chi connectivity index (χ0v) is 14.7. The normalized spacial score (nSPS) is 15.2. The van der Waals surface area contributed by atoms with Crippen LogP contribution in [0.1, 0.15) is 11.1 Å². The fourth-order valence-corrected chi connectivity index (χ4v) is 2.65. The minimum Gasteiger partial charge on any atom is -0.497 e. The quantitative estimate of drug-likeness (QED) is 0.591. The zero-order valence-electron chi connectivity index (χ0n) is 13.1. The Morgan fingerprint density at radius 3 is 2.67 bits per heavy atom. The summed E-state index contributed by atoms with van der Waals surface area (Å²) in [6.45, 7) is 0. The van der Waals surface area contributed by atoms with Gasteiger partial charge in [0, 0.05) is 15.6 Å². The number of cyclic esters (lactones) is 1. The Labute approximate surface area is 147 Å². The van der Waals surface area contributed by atoms with E-state index in [9.17, 15) is 4.79 Å². The number of methoxy groups -OCH3 is 2. The molecule has 0 fully saturated rings. The van der Waals surface area contributed by atoms with E-state index in [1.54, 1.807) is 38.5 Å². The minimum absolute atomic E-state index is 0.205. The maximum Gasteiger partial charge on any atom is 0.363 e. The Balaban J connectivity index is 2.00. The van der Waals surface area contributed by atoms with Crippen LogP contribution in [0.5, 0.6) is 11.5 Å². The first-order valence-electron chi connectivity index (χ1n) is 7.11. The number of halogens is 1. The van der Waals surface area contributed by atoms with Gasteiger partial charge in [-0.2, -0.15) is 0 Å². The number of hydrogen-bond acceptors (Lipinski definition) is 5. The van der Waals surface area contributed by atoms with E-state index < -0.39 is 5.97 Å². The predicted molar refractivity (Wildman–Crippen MR) is 94.3 cm³/mol. The molecule has 0 N–H and O–H groups in total. The minimum atomic E-state index is -0.505. The van der Waals surface area contributed by atoms with Gasteiger partial charge < -0.3 is 14.2 Å². The number of nitrogens with zero attached hydrogens (tertiary/aromatic N) is 1. The average Bonchev–Trinajstić information content (AvgIpc) is 2.95. The van der Waals surface area contributed by atoms with Gasteiger partial charge in [0.25, 0.3) is 0 Å². The van der Waals surface area contributed by atoms with Crippen molar-refractivity contribution in [2.45, 2.75) is 0 Å². The Hall–Kier alpha value is -2.60. The van der Waals surface area contributed by atoms with Crippen LogP contribution in [0.4, 0.5) is 0 Å². The van der Waals surface area contributed by atoms with Gasteiger partial charge in [-0.3, -0.25) is 0 Å². The molecule has 6 heteroatoms.